The normalized spacial score (nSPS) is 15.0. The Labute approximate surface area is 227 Å². The van der Waals surface area contributed by atoms with Crippen LogP contribution in [0.4, 0.5) is 5.13 Å². The van der Waals surface area contributed by atoms with E-state index < -0.39 is 12.0 Å². The van der Waals surface area contributed by atoms with Gasteiger partial charge in [-0.25, -0.2) is 9.78 Å². The first kappa shape index (κ1) is 25.7. The van der Waals surface area contributed by atoms with Crippen LogP contribution in [0.25, 0.3) is 11.3 Å². The number of carboxylic acids is 1. The molecule has 194 valence electrons. The smallest absolute Gasteiger partial charge is 0.326 e. The van der Waals surface area contributed by atoms with Gasteiger partial charge in [0.15, 0.2) is 5.13 Å². The fraction of sp³-hybridized carbons (Fsp3) is 0.258. The van der Waals surface area contributed by atoms with Gasteiger partial charge < -0.3 is 14.9 Å². The highest BCUT2D eigenvalue weighted by Gasteiger charge is 2.34. The van der Waals surface area contributed by atoms with Crippen molar-refractivity contribution >= 4 is 28.3 Å². The third kappa shape index (κ3) is 5.78. The summed E-state index contributed by atoms with van der Waals surface area (Å²) in [6.45, 7) is 4.06. The molecule has 3 aromatic carbocycles. The topological polar surface area (TPSA) is 73.7 Å². The first-order valence-corrected chi connectivity index (χ1v) is 13.8. The van der Waals surface area contributed by atoms with Gasteiger partial charge >= 0.3 is 5.97 Å². The van der Waals surface area contributed by atoms with Crippen molar-refractivity contribution in [1.82, 2.24) is 9.88 Å². The number of rotatable bonds is 9. The van der Waals surface area contributed by atoms with Gasteiger partial charge in [0.25, 0.3) is 5.91 Å². The predicted molar refractivity (Wildman–Crippen MR) is 152 cm³/mol. The van der Waals surface area contributed by atoms with E-state index >= 15 is 0 Å². The van der Waals surface area contributed by atoms with Gasteiger partial charge in [-0.2, -0.15) is 0 Å². The van der Waals surface area contributed by atoms with Crippen LogP contribution in [0.5, 0.6) is 0 Å². The minimum atomic E-state index is -0.935. The van der Waals surface area contributed by atoms with Gasteiger partial charge in [0.1, 0.15) is 6.04 Å². The number of hydrogen-bond donors (Lipinski definition) is 1. The molecular formula is C31H31N3O3S. The van der Waals surface area contributed by atoms with Gasteiger partial charge in [-0.15, -0.1) is 11.3 Å². The number of aryl methyl sites for hydroxylation is 1. The molecule has 1 saturated heterocycles. The van der Waals surface area contributed by atoms with Gasteiger partial charge in [-0.05, 0) is 49.4 Å². The molecule has 0 radical (unpaired) electrons. The van der Waals surface area contributed by atoms with Crippen LogP contribution in [-0.4, -0.2) is 46.0 Å². The third-order valence-corrected chi connectivity index (χ3v) is 8.02. The molecule has 1 amide bonds. The Morgan fingerprint density at radius 2 is 1.66 bits per heavy atom. The molecule has 6 nitrogen and oxygen atoms in total. The van der Waals surface area contributed by atoms with E-state index in [1.165, 1.54) is 15.3 Å². The molecule has 0 bridgehead atoms. The Morgan fingerprint density at radius 1 is 0.974 bits per heavy atom. The molecule has 7 heteroatoms. The molecule has 5 rings (SSSR count). The molecule has 1 aromatic heterocycles. The Bertz CT molecular complexity index is 1390. The summed E-state index contributed by atoms with van der Waals surface area (Å²) < 4.78 is 0. The monoisotopic (exact) mass is 525 g/mol. The van der Waals surface area contributed by atoms with Crippen molar-refractivity contribution in [3.05, 3.63) is 106 Å². The molecule has 2 heterocycles. The number of hydrogen-bond acceptors (Lipinski definition) is 5. The average Bonchev–Trinajstić information content (AvgIpc) is 3.59. The van der Waals surface area contributed by atoms with Gasteiger partial charge in [0.2, 0.25) is 0 Å². The van der Waals surface area contributed by atoms with Gasteiger partial charge in [0.05, 0.1) is 5.69 Å². The van der Waals surface area contributed by atoms with E-state index in [1.54, 1.807) is 11.3 Å². The van der Waals surface area contributed by atoms with Crippen molar-refractivity contribution in [2.24, 2.45) is 0 Å². The summed E-state index contributed by atoms with van der Waals surface area (Å²) in [6, 6.07) is 27.5. The molecule has 1 fully saturated rings. The van der Waals surface area contributed by atoms with Crippen molar-refractivity contribution in [2.75, 3.05) is 18.0 Å². The number of carbonyl (C=O) groups is 2. The summed E-state index contributed by atoms with van der Waals surface area (Å²) in [7, 11) is 0. The maximum absolute atomic E-state index is 13.0. The fourth-order valence-electron chi connectivity index (χ4n) is 4.94. The number of likely N-dealkylation sites (tertiary alicyclic amines) is 1. The molecule has 0 saturated carbocycles. The molecule has 1 aliphatic rings. The van der Waals surface area contributed by atoms with Crippen LogP contribution in [-0.2, 0) is 17.8 Å². The summed E-state index contributed by atoms with van der Waals surface area (Å²) in [5, 5.41) is 10.4. The summed E-state index contributed by atoms with van der Waals surface area (Å²) in [5.74, 6) is -1.15. The number of aliphatic carboxylic acids is 1. The first-order valence-electron chi connectivity index (χ1n) is 12.9. The molecule has 38 heavy (non-hydrogen) atoms. The summed E-state index contributed by atoms with van der Waals surface area (Å²) >= 11 is 1.70. The summed E-state index contributed by atoms with van der Waals surface area (Å²) in [4.78, 5) is 34.5. The van der Waals surface area contributed by atoms with Crippen molar-refractivity contribution in [3.63, 3.8) is 0 Å². The minimum Gasteiger partial charge on any atom is -0.480 e. The lowest BCUT2D eigenvalue weighted by Crippen LogP contribution is -2.40. The quantitative estimate of drug-likeness (QED) is 0.288. The average molecular weight is 526 g/mol. The molecule has 0 aliphatic carbocycles. The number of benzene rings is 3. The summed E-state index contributed by atoms with van der Waals surface area (Å²) in [6.07, 6.45) is 2.12. The molecule has 1 aliphatic heterocycles. The van der Waals surface area contributed by atoms with Crippen LogP contribution >= 0.6 is 11.3 Å². The number of thiazole rings is 1. The first-order chi connectivity index (χ1) is 18.5. The molecule has 0 spiro atoms. The van der Waals surface area contributed by atoms with Crippen molar-refractivity contribution in [2.45, 2.75) is 38.8 Å². The summed E-state index contributed by atoms with van der Waals surface area (Å²) in [5.41, 5.74) is 4.98. The maximum atomic E-state index is 13.0. The van der Waals surface area contributed by atoms with E-state index in [0.717, 1.165) is 41.3 Å². The Balaban J connectivity index is 1.36. The van der Waals surface area contributed by atoms with Crippen LogP contribution in [0.1, 0.15) is 39.2 Å². The maximum Gasteiger partial charge on any atom is 0.326 e. The van der Waals surface area contributed by atoms with Gasteiger partial charge in [-0.3, -0.25) is 4.79 Å². The van der Waals surface area contributed by atoms with Crippen LogP contribution in [0, 0.1) is 6.92 Å². The van der Waals surface area contributed by atoms with E-state index in [2.05, 4.69) is 48.2 Å². The van der Waals surface area contributed by atoms with Crippen LogP contribution < -0.4 is 4.90 Å². The number of amides is 1. The SMILES string of the molecule is Cc1sc(N(CCc2ccccc2)Cc2ccc(C(=O)N3CCCC3C(=O)O)cc2)nc1-c1ccccc1. The minimum absolute atomic E-state index is 0.217. The number of carboxylic acid groups (broad SMARTS) is 1. The highest BCUT2D eigenvalue weighted by atomic mass is 32.1. The number of nitrogens with zero attached hydrogens (tertiary/aromatic N) is 3. The molecule has 1 N–H and O–H groups in total. The zero-order chi connectivity index (χ0) is 26.5. The van der Waals surface area contributed by atoms with Gasteiger partial charge in [0, 0.05) is 35.6 Å². The molecular weight excluding hydrogens is 494 g/mol. The van der Waals surface area contributed by atoms with E-state index in [-0.39, 0.29) is 5.91 Å². The largest absolute Gasteiger partial charge is 0.480 e. The predicted octanol–water partition coefficient (Wildman–Crippen LogP) is 6.06. The van der Waals surface area contributed by atoms with Crippen LogP contribution in [0.3, 0.4) is 0 Å². The fourth-order valence-corrected chi connectivity index (χ4v) is 5.89. The standard InChI is InChI=1S/C31H31N3O3S/c1-22-28(25-11-6-3-7-12-25)32-31(38-22)33(20-18-23-9-4-2-5-10-23)21-24-14-16-26(17-15-24)29(35)34-19-8-13-27(34)30(36)37/h2-7,9-12,14-17,27H,8,13,18-21H2,1H3,(H,36,37). The highest BCUT2D eigenvalue weighted by molar-refractivity contribution is 7.16. The lowest BCUT2D eigenvalue weighted by atomic mass is 10.1. The van der Waals surface area contributed by atoms with Gasteiger partial charge in [-0.1, -0.05) is 72.8 Å². The van der Waals surface area contributed by atoms with Crippen molar-refractivity contribution in [1.29, 1.82) is 0 Å². The molecule has 1 unspecified atom stereocenters. The number of anilines is 1. The Morgan fingerprint density at radius 3 is 2.34 bits per heavy atom. The van der Waals surface area contributed by atoms with Crippen LogP contribution in [0.15, 0.2) is 84.9 Å². The Hall–Kier alpha value is -3.97. The van der Waals surface area contributed by atoms with E-state index in [9.17, 15) is 14.7 Å². The second kappa shape index (κ2) is 11.6. The number of aromatic nitrogens is 1. The third-order valence-electron chi connectivity index (χ3n) is 6.99. The van der Waals surface area contributed by atoms with E-state index in [4.69, 9.17) is 4.98 Å². The van der Waals surface area contributed by atoms with E-state index in [1.807, 2.05) is 48.5 Å². The zero-order valence-electron chi connectivity index (χ0n) is 21.4. The van der Waals surface area contributed by atoms with Crippen LogP contribution in [0.2, 0.25) is 0 Å². The Kier molecular flexibility index (Phi) is 7.84. The molecule has 1 atom stereocenters. The van der Waals surface area contributed by atoms with Crippen molar-refractivity contribution < 1.29 is 14.7 Å². The van der Waals surface area contributed by atoms with Crippen molar-refractivity contribution in [3.8, 4) is 11.3 Å². The number of carbonyl (C=O) groups excluding carboxylic acids is 1. The second-order valence-corrected chi connectivity index (χ2v) is 10.8. The molecule has 4 aromatic rings. The highest BCUT2D eigenvalue weighted by Crippen LogP contribution is 2.33. The lowest BCUT2D eigenvalue weighted by molar-refractivity contribution is -0.141. The van der Waals surface area contributed by atoms with E-state index in [0.29, 0.717) is 25.1 Å². The zero-order valence-corrected chi connectivity index (χ0v) is 22.2. The lowest BCUT2D eigenvalue weighted by Gasteiger charge is -2.23. The second-order valence-electron chi connectivity index (χ2n) is 9.62.